The lowest BCUT2D eigenvalue weighted by molar-refractivity contribution is 0.512. The van der Waals surface area contributed by atoms with Gasteiger partial charge in [0.05, 0.1) is 0 Å². The van der Waals surface area contributed by atoms with Crippen molar-refractivity contribution in [3.63, 3.8) is 0 Å². The second kappa shape index (κ2) is 6.49. The zero-order chi connectivity index (χ0) is 12.0. The van der Waals surface area contributed by atoms with Gasteiger partial charge in [-0.05, 0) is 18.2 Å². The molecule has 0 fully saturated rings. The number of benzene rings is 1. The lowest BCUT2D eigenvalue weighted by atomic mass is 10.1. The maximum Gasteiger partial charge on any atom is 0.128 e. The highest BCUT2D eigenvalue weighted by atomic mass is 35.5. The van der Waals surface area contributed by atoms with Crippen LogP contribution in [0.3, 0.4) is 0 Å². The van der Waals surface area contributed by atoms with Crippen LogP contribution in [0.4, 0.5) is 4.39 Å². The molecule has 1 aromatic rings. The molecule has 1 atom stereocenters. The second-order valence-corrected chi connectivity index (χ2v) is 3.80. The van der Waals surface area contributed by atoms with Gasteiger partial charge < -0.3 is 11.1 Å². The Bertz CT molecular complexity index is 387. The lowest BCUT2D eigenvalue weighted by Crippen LogP contribution is -2.29. The van der Waals surface area contributed by atoms with Crippen LogP contribution in [0.25, 0.3) is 0 Å². The monoisotopic (exact) mass is 240 g/mol. The van der Waals surface area contributed by atoms with Gasteiger partial charge in [0.2, 0.25) is 0 Å². The smallest absolute Gasteiger partial charge is 0.128 e. The number of hydrogen-bond acceptors (Lipinski definition) is 2. The molecule has 0 saturated carbocycles. The molecule has 0 bridgehead atoms. The van der Waals surface area contributed by atoms with Crippen molar-refractivity contribution < 1.29 is 4.39 Å². The summed E-state index contributed by atoms with van der Waals surface area (Å²) in [6.07, 6.45) is 5.71. The number of hydrogen-bond donors (Lipinski definition) is 2. The first-order valence-corrected chi connectivity index (χ1v) is 5.38. The number of nitrogens with one attached hydrogen (secondary N) is 1. The van der Waals surface area contributed by atoms with E-state index in [1.807, 2.05) is 0 Å². The average Bonchev–Trinajstić information content (AvgIpc) is 2.28. The third-order valence-corrected chi connectivity index (χ3v) is 2.46. The Labute approximate surface area is 100.0 Å². The van der Waals surface area contributed by atoms with Crippen molar-refractivity contribution in [3.8, 4) is 12.3 Å². The Hall–Kier alpha value is -1.08. The van der Waals surface area contributed by atoms with Gasteiger partial charge in [0.15, 0.2) is 0 Å². The molecule has 86 valence electrons. The number of halogens is 2. The third-order valence-electron chi connectivity index (χ3n) is 2.23. The van der Waals surface area contributed by atoms with Crippen LogP contribution in [0.1, 0.15) is 18.0 Å². The molecule has 16 heavy (non-hydrogen) atoms. The minimum atomic E-state index is -0.312. The van der Waals surface area contributed by atoms with E-state index in [9.17, 15) is 4.39 Å². The van der Waals surface area contributed by atoms with E-state index >= 15 is 0 Å². The molecule has 1 unspecified atom stereocenters. The van der Waals surface area contributed by atoms with Crippen molar-refractivity contribution in [1.29, 1.82) is 0 Å². The summed E-state index contributed by atoms with van der Waals surface area (Å²) in [5, 5.41) is 3.58. The van der Waals surface area contributed by atoms with Gasteiger partial charge in [-0.3, -0.25) is 0 Å². The Morgan fingerprint density at radius 1 is 1.56 bits per heavy atom. The van der Waals surface area contributed by atoms with Crippen LogP contribution >= 0.6 is 11.6 Å². The van der Waals surface area contributed by atoms with Crippen molar-refractivity contribution in [2.45, 2.75) is 12.5 Å². The fourth-order valence-corrected chi connectivity index (χ4v) is 1.60. The minimum Gasteiger partial charge on any atom is -0.329 e. The van der Waals surface area contributed by atoms with E-state index < -0.39 is 0 Å². The van der Waals surface area contributed by atoms with E-state index in [-0.39, 0.29) is 11.9 Å². The molecule has 0 aliphatic rings. The van der Waals surface area contributed by atoms with Crippen LogP contribution < -0.4 is 11.1 Å². The summed E-state index contributed by atoms with van der Waals surface area (Å²) < 4.78 is 13.5. The summed E-state index contributed by atoms with van der Waals surface area (Å²) >= 11 is 5.81. The van der Waals surface area contributed by atoms with Gasteiger partial charge in [0.1, 0.15) is 5.82 Å². The predicted molar refractivity (Wildman–Crippen MR) is 64.7 cm³/mol. The van der Waals surface area contributed by atoms with Crippen LogP contribution in [0, 0.1) is 18.2 Å². The van der Waals surface area contributed by atoms with Gasteiger partial charge in [-0.25, -0.2) is 4.39 Å². The van der Waals surface area contributed by atoms with Crippen LogP contribution in [0.2, 0.25) is 5.02 Å². The van der Waals surface area contributed by atoms with Crippen LogP contribution in [-0.4, -0.2) is 13.1 Å². The Kier molecular flexibility index (Phi) is 5.27. The molecule has 0 aliphatic heterocycles. The summed E-state index contributed by atoms with van der Waals surface area (Å²) in [6, 6.07) is 4.17. The molecule has 0 amide bonds. The summed E-state index contributed by atoms with van der Waals surface area (Å²) in [7, 11) is 0. The van der Waals surface area contributed by atoms with E-state index in [0.717, 1.165) is 0 Å². The maximum absolute atomic E-state index is 13.5. The second-order valence-electron chi connectivity index (χ2n) is 3.36. The molecule has 0 aromatic heterocycles. The zero-order valence-electron chi connectivity index (χ0n) is 8.84. The van der Waals surface area contributed by atoms with Crippen LogP contribution in [-0.2, 0) is 0 Å². The fraction of sp³-hybridized carbons (Fsp3) is 0.333. The molecule has 0 aliphatic carbocycles. The highest BCUT2D eigenvalue weighted by molar-refractivity contribution is 6.30. The zero-order valence-corrected chi connectivity index (χ0v) is 9.60. The molecule has 0 heterocycles. The van der Waals surface area contributed by atoms with Crippen LogP contribution in [0.15, 0.2) is 18.2 Å². The van der Waals surface area contributed by atoms with Gasteiger partial charge in [-0.15, -0.1) is 12.3 Å². The highest BCUT2D eigenvalue weighted by Gasteiger charge is 2.13. The van der Waals surface area contributed by atoms with Gasteiger partial charge in [-0.2, -0.15) is 0 Å². The van der Waals surface area contributed by atoms with Crippen molar-refractivity contribution in [3.05, 3.63) is 34.6 Å². The summed E-state index contributed by atoms with van der Waals surface area (Å²) in [4.78, 5) is 0. The molecule has 1 rings (SSSR count). The maximum atomic E-state index is 13.5. The topological polar surface area (TPSA) is 38.0 Å². The fourth-order valence-electron chi connectivity index (χ4n) is 1.42. The lowest BCUT2D eigenvalue weighted by Gasteiger charge is -2.17. The molecule has 3 N–H and O–H groups in total. The van der Waals surface area contributed by atoms with Gasteiger partial charge in [0, 0.05) is 36.1 Å². The quantitative estimate of drug-likeness (QED) is 0.611. The first-order valence-electron chi connectivity index (χ1n) is 5.01. The average molecular weight is 241 g/mol. The van der Waals surface area contributed by atoms with Crippen molar-refractivity contribution in [2.24, 2.45) is 5.73 Å². The largest absolute Gasteiger partial charge is 0.329 e. The van der Waals surface area contributed by atoms with E-state index in [1.54, 1.807) is 6.07 Å². The number of rotatable bonds is 5. The van der Waals surface area contributed by atoms with Crippen LogP contribution in [0.5, 0.6) is 0 Å². The van der Waals surface area contributed by atoms with Crippen molar-refractivity contribution >= 4 is 11.6 Å². The molecule has 4 heteroatoms. The standard InChI is InChI=1S/C12H14ClFN2/c1-2-3-6-16-12(8-15)10-7-9(13)4-5-11(10)14/h1,4-5,7,12,16H,3,6,8,15H2. The van der Waals surface area contributed by atoms with E-state index in [2.05, 4.69) is 11.2 Å². The third kappa shape index (κ3) is 3.49. The Balaban J connectivity index is 2.78. The number of nitrogens with two attached hydrogens (primary N) is 1. The van der Waals surface area contributed by atoms with E-state index in [1.165, 1.54) is 12.1 Å². The van der Waals surface area contributed by atoms with Crippen molar-refractivity contribution in [2.75, 3.05) is 13.1 Å². The summed E-state index contributed by atoms with van der Waals surface area (Å²) in [5.74, 6) is 2.19. The molecule has 2 nitrogen and oxygen atoms in total. The molecule has 0 radical (unpaired) electrons. The van der Waals surface area contributed by atoms with Gasteiger partial charge >= 0.3 is 0 Å². The Morgan fingerprint density at radius 2 is 2.31 bits per heavy atom. The normalized spacial score (nSPS) is 12.1. The molecule has 0 spiro atoms. The molecular formula is C12H14ClFN2. The van der Waals surface area contributed by atoms with Gasteiger partial charge in [0.25, 0.3) is 0 Å². The minimum absolute atomic E-state index is 0.257. The SMILES string of the molecule is C#CCCNC(CN)c1cc(Cl)ccc1F. The molecular weight excluding hydrogens is 227 g/mol. The van der Waals surface area contributed by atoms with Gasteiger partial charge in [-0.1, -0.05) is 11.6 Å². The predicted octanol–water partition coefficient (Wildman–Crippen LogP) is 2.09. The van der Waals surface area contributed by atoms with E-state index in [0.29, 0.717) is 30.1 Å². The van der Waals surface area contributed by atoms with Crippen molar-refractivity contribution in [1.82, 2.24) is 5.32 Å². The first kappa shape index (κ1) is 13.0. The van der Waals surface area contributed by atoms with E-state index in [4.69, 9.17) is 23.8 Å². The highest BCUT2D eigenvalue weighted by Crippen LogP contribution is 2.20. The first-order chi connectivity index (χ1) is 7.69. The number of terminal acetylenes is 1. The molecule has 0 saturated heterocycles. The molecule has 1 aromatic carbocycles. The Morgan fingerprint density at radius 3 is 2.94 bits per heavy atom. The summed E-state index contributed by atoms with van der Waals surface area (Å²) in [5.41, 5.74) is 6.06. The summed E-state index contributed by atoms with van der Waals surface area (Å²) in [6.45, 7) is 0.895.